The minimum absolute atomic E-state index is 0.00909. The van der Waals surface area contributed by atoms with Gasteiger partial charge >= 0.3 is 0 Å². The van der Waals surface area contributed by atoms with Crippen LogP contribution in [0.5, 0.6) is 17.2 Å². The summed E-state index contributed by atoms with van der Waals surface area (Å²) in [7, 11) is 0. The Kier molecular flexibility index (Phi) is 22.3. The number of benzene rings is 3. The lowest BCUT2D eigenvalue weighted by Crippen LogP contribution is -2.64. The Morgan fingerprint density at radius 1 is 0.804 bits per heavy atom. The van der Waals surface area contributed by atoms with Crippen LogP contribution in [0.4, 0.5) is 0 Å². The first-order valence-corrected chi connectivity index (χ1v) is 30.9. The topological polar surface area (TPSA) is 478 Å². The molecule has 9 rings (SSSR count). The minimum Gasteiger partial charge on any atom is -0.504 e. The number of carbonyl (C=O) groups is 8. The van der Waals surface area contributed by atoms with Gasteiger partial charge in [-0.2, -0.15) is 5.10 Å². The minimum atomic E-state index is -2.53. The second-order valence-corrected chi connectivity index (χ2v) is 24.5. The Bertz CT molecular complexity index is 3450. The number of aliphatic hydroxyl groups excluding tert-OH is 7. The predicted octanol–water partition coefficient (Wildman–Crippen LogP) is -1.78. The van der Waals surface area contributed by atoms with Crippen molar-refractivity contribution in [2.75, 3.05) is 19.6 Å². The Morgan fingerprint density at radius 3 is 2.15 bits per heavy atom. The molecule has 3 saturated heterocycles. The molecule has 34 heteroatoms. The van der Waals surface area contributed by atoms with Crippen LogP contribution in [0.3, 0.4) is 0 Å². The molecule has 14 unspecified atom stereocenters. The molecule has 32 nitrogen and oxygen atoms in total. The highest BCUT2D eigenvalue weighted by atomic mass is 32.2. The summed E-state index contributed by atoms with van der Waals surface area (Å²) in [4.78, 5) is 120. The SMILES string of the molecule is CC(O)C1NC(=O)C(NC(=O)c2ccc(-c3cn4nc(-c5ccc(OC6CCCCC6)cc5)sc4n3)cc2)CC(O)CNC(=O)C2C(O)C(C)CN2C(=O)C(C(O)CC(N)=O)NC(=O)C(C(O)C(O)c2ccc(O)c(OSOOO)c2)NC(=O)C2CC(O)CN2C1=O. The van der Waals surface area contributed by atoms with E-state index in [0.717, 1.165) is 76.9 Å². The number of nitrogens with two attached hydrogens (primary N) is 1. The van der Waals surface area contributed by atoms with E-state index >= 15 is 0 Å². The Morgan fingerprint density at radius 2 is 1.48 bits per heavy atom. The van der Waals surface area contributed by atoms with E-state index in [1.807, 2.05) is 24.3 Å². The van der Waals surface area contributed by atoms with Crippen LogP contribution < -0.4 is 41.2 Å². The maximum absolute atomic E-state index is 14.7. The van der Waals surface area contributed by atoms with Crippen molar-refractivity contribution in [3.05, 3.63) is 84.1 Å². The van der Waals surface area contributed by atoms with Gasteiger partial charge in [0, 0.05) is 55.1 Å². The van der Waals surface area contributed by atoms with Gasteiger partial charge in [0.05, 0.1) is 54.9 Å². The molecule has 16 N–H and O–H groups in total. The maximum Gasteiger partial charge on any atom is 0.261 e. The van der Waals surface area contributed by atoms with E-state index in [2.05, 4.69) is 36.0 Å². The van der Waals surface area contributed by atoms with E-state index in [-0.39, 0.29) is 29.6 Å². The number of amides is 8. The maximum atomic E-state index is 14.7. The molecule has 5 heterocycles. The molecule has 496 valence electrons. The lowest BCUT2D eigenvalue weighted by Gasteiger charge is -2.34. The Labute approximate surface area is 532 Å². The second kappa shape index (κ2) is 30.1. The number of hydrogen-bond acceptors (Lipinski definition) is 25. The highest BCUT2D eigenvalue weighted by molar-refractivity contribution is 7.90. The third kappa shape index (κ3) is 16.0. The summed E-state index contributed by atoms with van der Waals surface area (Å²) in [5, 5.41) is 119. The molecule has 5 aromatic rings. The van der Waals surface area contributed by atoms with E-state index in [0.29, 0.717) is 16.2 Å². The smallest absolute Gasteiger partial charge is 0.261 e. The lowest BCUT2D eigenvalue weighted by molar-refractivity contribution is -0.433. The summed E-state index contributed by atoms with van der Waals surface area (Å²) >= 11 is 1.34. The number of phenolic OH excluding ortho intramolecular Hbond substituents is 1. The van der Waals surface area contributed by atoms with Crippen molar-refractivity contribution >= 4 is 75.9 Å². The average molecular weight is 1320 g/mol. The molecular weight excluding hydrogens is 1250 g/mol. The molecule has 1 aliphatic carbocycles. The van der Waals surface area contributed by atoms with Gasteiger partial charge in [0.25, 0.3) is 18.2 Å². The lowest BCUT2D eigenvalue weighted by atomic mass is 9.96. The molecule has 0 bridgehead atoms. The highest BCUT2D eigenvalue weighted by Gasteiger charge is 2.50. The number of primary amides is 1. The molecule has 8 amide bonds. The van der Waals surface area contributed by atoms with Gasteiger partial charge in [-0.1, -0.05) is 52.3 Å². The largest absolute Gasteiger partial charge is 0.504 e. The third-order valence-electron chi connectivity index (χ3n) is 16.4. The van der Waals surface area contributed by atoms with Gasteiger partial charge in [-0.25, -0.2) is 14.8 Å². The summed E-state index contributed by atoms with van der Waals surface area (Å²) < 4.78 is 17.0. The van der Waals surface area contributed by atoms with Crippen LogP contribution in [0, 0.1) is 5.92 Å². The van der Waals surface area contributed by atoms with Crippen molar-refractivity contribution in [3.63, 3.8) is 0 Å². The van der Waals surface area contributed by atoms with Crippen LogP contribution in [0.1, 0.15) is 87.2 Å². The number of nitrogens with zero attached hydrogens (tertiary/aromatic N) is 5. The molecule has 4 aliphatic rings. The number of aromatic nitrogens is 3. The van der Waals surface area contributed by atoms with E-state index in [1.165, 1.54) is 36.8 Å². The predicted molar refractivity (Wildman–Crippen MR) is 320 cm³/mol. The van der Waals surface area contributed by atoms with Crippen LogP contribution in [0.25, 0.3) is 26.8 Å². The average Bonchev–Trinajstić information content (AvgIpc) is 1.62. The summed E-state index contributed by atoms with van der Waals surface area (Å²) in [6, 6.07) is 4.41. The molecule has 3 aliphatic heterocycles. The van der Waals surface area contributed by atoms with E-state index in [4.69, 9.17) is 30.0 Å². The van der Waals surface area contributed by atoms with Crippen LogP contribution in [-0.4, -0.2) is 216 Å². The van der Waals surface area contributed by atoms with Gasteiger partial charge in [0.2, 0.25) is 46.3 Å². The monoisotopic (exact) mass is 1320 g/mol. The summed E-state index contributed by atoms with van der Waals surface area (Å²) in [6.07, 6.45) is -8.64. The molecule has 2 aromatic heterocycles. The molecule has 0 spiro atoms. The first kappa shape index (κ1) is 68.2. The van der Waals surface area contributed by atoms with Crippen LogP contribution in [0.2, 0.25) is 0 Å². The first-order valence-electron chi connectivity index (χ1n) is 29.4. The van der Waals surface area contributed by atoms with Crippen molar-refractivity contribution in [3.8, 4) is 39.1 Å². The molecule has 4 fully saturated rings. The molecule has 92 heavy (non-hydrogen) atoms. The Hall–Kier alpha value is -8.13. The number of imidazole rings is 1. The number of carbonyl (C=O) groups excluding carboxylic acids is 8. The van der Waals surface area contributed by atoms with Crippen LogP contribution in [-0.2, 0) is 42.9 Å². The molecular formula is C58H71N11O21S2. The van der Waals surface area contributed by atoms with E-state index in [9.17, 15) is 79.2 Å². The van der Waals surface area contributed by atoms with Gasteiger partial charge in [-0.15, -0.1) is 0 Å². The van der Waals surface area contributed by atoms with Gasteiger partial charge in [-0.3, -0.25) is 38.4 Å². The number of aromatic hydroxyl groups is 1. The number of nitrogens with one attached hydrogen (secondary N) is 5. The second-order valence-electron chi connectivity index (χ2n) is 23.1. The quantitative estimate of drug-likeness (QED) is 0.0212. The zero-order valence-corrected chi connectivity index (χ0v) is 51.1. The molecule has 0 radical (unpaired) electrons. The van der Waals surface area contributed by atoms with Crippen molar-refractivity contribution in [2.24, 2.45) is 11.7 Å². The summed E-state index contributed by atoms with van der Waals surface area (Å²) in [5.74, 6) is -11.1. The van der Waals surface area contributed by atoms with E-state index < -0.39 is 183 Å². The zero-order valence-electron chi connectivity index (χ0n) is 49.4. The standard InChI is InChI=1S/C58H71N11O21S2/c1-26-23-68-46(47(26)76)54(83)60-22-32(71)19-36(61-50(79)29-10-8-28(9-11-29)37-25-69-58(62-37)91-55(66-69)30-12-15-35(16-13-30)87-34-6-4-3-5-7-34)51(80)63-43(27(2)70)56(84)67-24-33(72)20-38(67)52(81)65-45(53(82)64-44(57(68)85)40(74)21-42(59)75)49(78)48(77)31-14-17-39(73)41(18-31)88-92-90-89-86/h8-18,25-27,32-34,36,38,40,43-49,70-74,76-78,86H,3-7,19-24H2,1-2H3,(H2,59,75)(H,60,83)(H,61,79)(H,63,80)(H,64,82)(H,65,81). The first-order chi connectivity index (χ1) is 43.9. The van der Waals surface area contributed by atoms with Crippen LogP contribution in [0.15, 0.2) is 72.9 Å². The van der Waals surface area contributed by atoms with Gasteiger partial charge < -0.3 is 91.9 Å². The Balaban J connectivity index is 0.990. The van der Waals surface area contributed by atoms with Gasteiger partial charge in [0.15, 0.2) is 11.5 Å². The number of hydrogen-bond donors (Lipinski definition) is 15. The molecule has 1 saturated carbocycles. The molecule has 3 aromatic carbocycles. The number of ether oxygens (including phenoxy) is 1. The number of β-amino-alcohol motifs (C(OH)–C–C–N with tert-alkyl or cyclic N) is 1. The number of phenols is 1. The fraction of sp³-hybridized carbons (Fsp3) is 0.483. The summed E-state index contributed by atoms with van der Waals surface area (Å²) in [6.45, 7) is 0.691. The van der Waals surface area contributed by atoms with E-state index in [1.54, 1.807) is 22.8 Å². The number of aliphatic hydroxyl groups is 7. The van der Waals surface area contributed by atoms with Crippen molar-refractivity contribution in [2.45, 2.75) is 150 Å². The third-order valence-corrected chi connectivity index (χ3v) is 17.7. The zero-order chi connectivity index (χ0) is 66.2. The molecule has 14 atom stereocenters. The highest BCUT2D eigenvalue weighted by Crippen LogP contribution is 2.35. The summed E-state index contributed by atoms with van der Waals surface area (Å²) in [5.41, 5.74) is 7.00. The van der Waals surface area contributed by atoms with Gasteiger partial charge in [0.1, 0.15) is 59.2 Å². The van der Waals surface area contributed by atoms with Crippen molar-refractivity contribution < 1.29 is 103 Å². The fourth-order valence-corrected chi connectivity index (χ4v) is 12.6. The van der Waals surface area contributed by atoms with Crippen LogP contribution >= 0.6 is 23.7 Å². The van der Waals surface area contributed by atoms with Crippen molar-refractivity contribution in [1.82, 2.24) is 51.0 Å². The van der Waals surface area contributed by atoms with Gasteiger partial charge in [-0.05, 0) is 86.7 Å². The fourth-order valence-electron chi connectivity index (χ4n) is 11.5. The normalized spacial score (nSPS) is 26.3. The number of fused-ring (bicyclic) bond motifs is 3. The van der Waals surface area contributed by atoms with Crippen molar-refractivity contribution in [1.29, 1.82) is 0 Å². The number of rotatable bonds is 17.